The number of H-pyrrole nitrogens is 1. The molecule has 2 aromatic heterocycles. The van der Waals surface area contributed by atoms with Crippen LogP contribution in [0.25, 0.3) is 22.2 Å². The molecule has 1 saturated carbocycles. The molecule has 6 rings (SSSR count). The van der Waals surface area contributed by atoms with E-state index in [9.17, 15) is 4.79 Å². The Morgan fingerprint density at radius 2 is 1.89 bits per heavy atom. The van der Waals surface area contributed by atoms with Crippen LogP contribution < -0.4 is 24.4 Å². The van der Waals surface area contributed by atoms with Gasteiger partial charge in [-0.2, -0.15) is 0 Å². The van der Waals surface area contributed by atoms with Crippen molar-refractivity contribution in [3.8, 4) is 28.4 Å². The highest BCUT2D eigenvalue weighted by molar-refractivity contribution is 7.92. The molecule has 10 heteroatoms. The lowest BCUT2D eigenvalue weighted by atomic mass is 10.0. The topological polar surface area (TPSA) is 101 Å². The Kier molecular flexibility index (Phi) is 6.04. The molecule has 1 fully saturated rings. The van der Waals surface area contributed by atoms with E-state index < -0.39 is 0 Å². The van der Waals surface area contributed by atoms with Gasteiger partial charge in [-0.3, -0.25) is 4.79 Å². The summed E-state index contributed by atoms with van der Waals surface area (Å²) in [6, 6.07) is 17.5. The summed E-state index contributed by atoms with van der Waals surface area (Å²) in [5, 5.41) is 3.96. The standard InChI is InChI=1S/C26H25N5O4S/c1-31(36-35-19-8-9-22-23(14-19)34-13-12-33-22)30-18-6-4-16(5-7-18)21-15-24(29-26(32)17-2-3-17)28-25-20(21)10-11-27-25/h4-11,14-15,17,30H,2-3,12-13H2,1H3,(H2,27,28,29,32). The van der Waals surface area contributed by atoms with Crippen molar-refractivity contribution in [2.75, 3.05) is 31.0 Å². The molecule has 1 aliphatic carbocycles. The smallest absolute Gasteiger partial charge is 0.228 e. The highest BCUT2D eigenvalue weighted by Gasteiger charge is 2.30. The molecule has 0 bridgehead atoms. The predicted octanol–water partition coefficient (Wildman–Crippen LogP) is 5.25. The first-order valence-electron chi connectivity index (χ1n) is 11.8. The highest BCUT2D eigenvalue weighted by atomic mass is 32.2. The van der Waals surface area contributed by atoms with Gasteiger partial charge in [-0.05, 0) is 60.4 Å². The number of carbonyl (C=O) groups is 1. The van der Waals surface area contributed by atoms with E-state index in [1.165, 1.54) is 12.2 Å². The molecule has 0 atom stereocenters. The maximum atomic E-state index is 12.3. The molecule has 184 valence electrons. The third-order valence-corrected chi connectivity index (χ3v) is 6.55. The molecule has 4 aromatic rings. The fourth-order valence-corrected chi connectivity index (χ4v) is 4.46. The summed E-state index contributed by atoms with van der Waals surface area (Å²) in [5.41, 5.74) is 6.96. The summed E-state index contributed by atoms with van der Waals surface area (Å²) >= 11 is 1.17. The Hall–Kier alpha value is -3.89. The molecular formula is C26H25N5O4S. The molecule has 3 heterocycles. The Labute approximate surface area is 212 Å². The number of nitrogens with one attached hydrogen (secondary N) is 3. The Balaban J connectivity index is 1.12. The van der Waals surface area contributed by atoms with Gasteiger partial charge in [0, 0.05) is 36.3 Å². The summed E-state index contributed by atoms with van der Waals surface area (Å²) in [6.07, 6.45) is 3.76. The molecule has 1 amide bonds. The van der Waals surface area contributed by atoms with E-state index in [0.717, 1.165) is 46.4 Å². The lowest BCUT2D eigenvalue weighted by Crippen LogP contribution is -2.18. The van der Waals surface area contributed by atoms with Crippen LogP contribution >= 0.6 is 12.2 Å². The van der Waals surface area contributed by atoms with Crippen LogP contribution in [0.2, 0.25) is 0 Å². The lowest BCUT2D eigenvalue weighted by molar-refractivity contribution is -0.117. The number of pyridine rings is 1. The van der Waals surface area contributed by atoms with E-state index in [1.807, 2.05) is 67.8 Å². The Morgan fingerprint density at radius 1 is 1.08 bits per heavy atom. The minimum Gasteiger partial charge on any atom is -0.486 e. The molecule has 2 aromatic carbocycles. The first-order valence-corrected chi connectivity index (χ1v) is 12.5. The zero-order chi connectivity index (χ0) is 24.5. The minimum absolute atomic E-state index is 0.0397. The van der Waals surface area contributed by atoms with Crippen molar-refractivity contribution in [1.29, 1.82) is 0 Å². The van der Waals surface area contributed by atoms with E-state index in [-0.39, 0.29) is 11.8 Å². The van der Waals surface area contributed by atoms with Crippen LogP contribution in [0.3, 0.4) is 0 Å². The van der Waals surface area contributed by atoms with Crippen LogP contribution in [0.15, 0.2) is 60.8 Å². The van der Waals surface area contributed by atoms with E-state index in [1.54, 1.807) is 4.41 Å². The fourth-order valence-electron chi connectivity index (χ4n) is 4.01. The van der Waals surface area contributed by atoms with Crippen molar-refractivity contribution in [2.24, 2.45) is 5.92 Å². The zero-order valence-corrected chi connectivity index (χ0v) is 20.4. The summed E-state index contributed by atoms with van der Waals surface area (Å²) < 4.78 is 18.7. The molecule has 0 radical (unpaired) electrons. The van der Waals surface area contributed by atoms with Gasteiger partial charge in [0.25, 0.3) is 0 Å². The number of ether oxygens (including phenoxy) is 2. The number of hydrogen-bond acceptors (Lipinski definition) is 8. The second-order valence-corrected chi connectivity index (χ2v) is 9.57. The van der Waals surface area contributed by atoms with Crippen LogP contribution in [0, 0.1) is 5.92 Å². The minimum atomic E-state index is 0.0397. The lowest BCUT2D eigenvalue weighted by Gasteiger charge is -2.20. The van der Waals surface area contributed by atoms with Gasteiger partial charge < -0.3 is 29.4 Å². The van der Waals surface area contributed by atoms with Crippen LogP contribution in [0.4, 0.5) is 11.5 Å². The van der Waals surface area contributed by atoms with Crippen LogP contribution in [0.5, 0.6) is 17.2 Å². The third-order valence-electron chi connectivity index (χ3n) is 5.97. The van der Waals surface area contributed by atoms with Crippen molar-refractivity contribution in [3.05, 3.63) is 60.8 Å². The predicted molar refractivity (Wildman–Crippen MR) is 140 cm³/mol. The van der Waals surface area contributed by atoms with Gasteiger partial charge in [-0.25, -0.2) is 4.98 Å². The summed E-state index contributed by atoms with van der Waals surface area (Å²) in [5.74, 6) is 2.81. The highest BCUT2D eigenvalue weighted by Crippen LogP contribution is 2.35. The largest absolute Gasteiger partial charge is 0.486 e. The molecule has 36 heavy (non-hydrogen) atoms. The van der Waals surface area contributed by atoms with Gasteiger partial charge in [-0.1, -0.05) is 12.1 Å². The van der Waals surface area contributed by atoms with Gasteiger partial charge >= 0.3 is 0 Å². The number of rotatable bonds is 8. The van der Waals surface area contributed by atoms with Crippen molar-refractivity contribution >= 4 is 40.7 Å². The normalized spacial score (nSPS) is 14.6. The van der Waals surface area contributed by atoms with Gasteiger partial charge in [0.05, 0.1) is 0 Å². The average molecular weight is 504 g/mol. The van der Waals surface area contributed by atoms with Crippen LogP contribution in [-0.2, 0) is 4.79 Å². The van der Waals surface area contributed by atoms with Crippen molar-refractivity contribution < 1.29 is 18.5 Å². The number of nitrogens with zero attached hydrogens (tertiary/aromatic N) is 2. The average Bonchev–Trinajstić information content (AvgIpc) is 3.65. The Bertz CT molecular complexity index is 1400. The monoisotopic (exact) mass is 503 g/mol. The van der Waals surface area contributed by atoms with Gasteiger partial charge in [-0.15, -0.1) is 4.41 Å². The van der Waals surface area contributed by atoms with Crippen molar-refractivity contribution in [3.63, 3.8) is 0 Å². The maximum absolute atomic E-state index is 12.3. The molecule has 0 unspecified atom stereocenters. The first kappa shape index (κ1) is 22.6. The van der Waals surface area contributed by atoms with Crippen LogP contribution in [-0.4, -0.2) is 40.6 Å². The molecule has 3 N–H and O–H groups in total. The Morgan fingerprint density at radius 3 is 2.69 bits per heavy atom. The second-order valence-electron chi connectivity index (χ2n) is 8.71. The van der Waals surface area contributed by atoms with Gasteiger partial charge in [0.15, 0.2) is 23.7 Å². The van der Waals surface area contributed by atoms with E-state index in [2.05, 4.69) is 20.7 Å². The molecule has 1 aliphatic heterocycles. The molecule has 0 saturated heterocycles. The number of carbonyl (C=O) groups excluding carboxylic acids is 1. The second kappa shape index (κ2) is 9.63. The number of fused-ring (bicyclic) bond motifs is 2. The number of aromatic nitrogens is 2. The third kappa shape index (κ3) is 4.91. The van der Waals surface area contributed by atoms with Crippen molar-refractivity contribution in [1.82, 2.24) is 14.4 Å². The molecule has 0 spiro atoms. The molecule has 2 aliphatic rings. The van der Waals surface area contributed by atoms with Gasteiger partial charge in [0.1, 0.15) is 30.4 Å². The van der Waals surface area contributed by atoms with E-state index >= 15 is 0 Å². The SMILES string of the molecule is CN(Nc1ccc(-c2cc(NC(=O)C3CC3)nc3[nH]ccc23)cc1)SOc1ccc2c(c1)OCCO2. The summed E-state index contributed by atoms with van der Waals surface area (Å²) in [4.78, 5) is 20.0. The van der Waals surface area contributed by atoms with E-state index in [0.29, 0.717) is 30.5 Å². The van der Waals surface area contributed by atoms with Crippen LogP contribution in [0.1, 0.15) is 12.8 Å². The number of benzene rings is 2. The molecular weight excluding hydrogens is 478 g/mol. The zero-order valence-electron chi connectivity index (χ0n) is 19.6. The maximum Gasteiger partial charge on any atom is 0.228 e. The fraction of sp³-hybridized carbons (Fsp3) is 0.231. The molecule has 9 nitrogen and oxygen atoms in total. The number of amides is 1. The summed E-state index contributed by atoms with van der Waals surface area (Å²) in [7, 11) is 1.87. The van der Waals surface area contributed by atoms with E-state index in [4.69, 9.17) is 13.7 Å². The van der Waals surface area contributed by atoms with Crippen molar-refractivity contribution in [2.45, 2.75) is 12.8 Å². The summed E-state index contributed by atoms with van der Waals surface area (Å²) in [6.45, 7) is 1.09. The number of hydrogen-bond donors (Lipinski definition) is 3. The number of aromatic amines is 1. The quantitative estimate of drug-likeness (QED) is 0.170. The van der Waals surface area contributed by atoms with Gasteiger partial charge in [0.2, 0.25) is 5.91 Å². The first-order chi connectivity index (χ1) is 17.6. The number of anilines is 2. The number of hydrazine groups is 1.